The third-order valence-corrected chi connectivity index (χ3v) is 4.44. The van der Waals surface area contributed by atoms with Crippen LogP contribution in [0.15, 0.2) is 35.1 Å². The quantitative estimate of drug-likeness (QED) is 0.943. The first-order chi connectivity index (χ1) is 10.7. The summed E-state index contributed by atoms with van der Waals surface area (Å²) in [4.78, 5) is 11.9. The molecule has 0 saturated carbocycles. The second kappa shape index (κ2) is 6.44. The van der Waals surface area contributed by atoms with Gasteiger partial charge >= 0.3 is 0 Å². The summed E-state index contributed by atoms with van der Waals surface area (Å²) in [5, 5.41) is 4.50. The van der Waals surface area contributed by atoms with Crippen LogP contribution in [0.25, 0.3) is 11.3 Å². The Morgan fingerprint density at radius 1 is 1.18 bits per heavy atom. The molecule has 1 atom stereocenters. The van der Waals surface area contributed by atoms with E-state index in [0.717, 1.165) is 24.1 Å². The predicted octanol–water partition coefficient (Wildman–Crippen LogP) is 2.53. The molecule has 22 heavy (non-hydrogen) atoms. The lowest BCUT2D eigenvalue weighted by atomic mass is 9.90. The second-order valence-corrected chi connectivity index (χ2v) is 6.10. The molecule has 4 heteroatoms. The van der Waals surface area contributed by atoms with Gasteiger partial charge in [-0.2, -0.15) is 5.10 Å². The summed E-state index contributed by atoms with van der Waals surface area (Å²) >= 11 is 0. The molecule has 1 aliphatic rings. The van der Waals surface area contributed by atoms with Gasteiger partial charge in [-0.15, -0.1) is 0 Å². The number of aromatic nitrogens is 2. The molecule has 1 aliphatic carbocycles. The SMILES string of the molecule is CCC(N)Cn1nc(-c2ccc3c(c2)CCCC3)ccc1=O. The highest BCUT2D eigenvalue weighted by atomic mass is 16.1. The molecule has 1 aromatic carbocycles. The van der Waals surface area contributed by atoms with E-state index in [4.69, 9.17) is 5.73 Å². The van der Waals surface area contributed by atoms with E-state index in [1.165, 1.54) is 35.1 Å². The monoisotopic (exact) mass is 297 g/mol. The molecule has 0 radical (unpaired) electrons. The van der Waals surface area contributed by atoms with E-state index in [9.17, 15) is 4.79 Å². The van der Waals surface area contributed by atoms with Crippen molar-refractivity contribution in [3.63, 3.8) is 0 Å². The molecule has 0 saturated heterocycles. The normalized spacial score (nSPS) is 15.4. The predicted molar refractivity (Wildman–Crippen MR) is 88.8 cm³/mol. The number of benzene rings is 1. The van der Waals surface area contributed by atoms with Crippen LogP contribution in [0.3, 0.4) is 0 Å². The molecule has 0 amide bonds. The highest BCUT2D eigenvalue weighted by molar-refractivity contribution is 5.60. The van der Waals surface area contributed by atoms with Crippen molar-refractivity contribution >= 4 is 0 Å². The summed E-state index contributed by atoms with van der Waals surface area (Å²) < 4.78 is 1.49. The molecule has 1 aromatic heterocycles. The van der Waals surface area contributed by atoms with Gasteiger partial charge in [0.2, 0.25) is 0 Å². The average molecular weight is 297 g/mol. The van der Waals surface area contributed by atoms with Gasteiger partial charge in [0.05, 0.1) is 12.2 Å². The fourth-order valence-corrected chi connectivity index (χ4v) is 2.98. The maximum Gasteiger partial charge on any atom is 0.266 e. The van der Waals surface area contributed by atoms with Crippen LogP contribution in [0.4, 0.5) is 0 Å². The Kier molecular flexibility index (Phi) is 4.39. The first kappa shape index (κ1) is 15.0. The van der Waals surface area contributed by atoms with Crippen molar-refractivity contribution in [2.45, 2.75) is 51.6 Å². The molecule has 3 rings (SSSR count). The van der Waals surface area contributed by atoms with Gasteiger partial charge in [0.25, 0.3) is 5.56 Å². The van der Waals surface area contributed by atoms with Crippen LogP contribution < -0.4 is 11.3 Å². The van der Waals surface area contributed by atoms with Crippen molar-refractivity contribution in [2.75, 3.05) is 0 Å². The van der Waals surface area contributed by atoms with E-state index in [1.54, 1.807) is 12.1 Å². The summed E-state index contributed by atoms with van der Waals surface area (Å²) in [6.45, 7) is 2.48. The fourth-order valence-electron chi connectivity index (χ4n) is 2.98. The topological polar surface area (TPSA) is 60.9 Å². The number of aryl methyl sites for hydroxylation is 2. The van der Waals surface area contributed by atoms with E-state index in [0.29, 0.717) is 6.54 Å². The molecule has 116 valence electrons. The van der Waals surface area contributed by atoms with Gasteiger partial charge in [-0.05, 0) is 55.4 Å². The van der Waals surface area contributed by atoms with Crippen molar-refractivity contribution in [1.82, 2.24) is 9.78 Å². The Hall–Kier alpha value is -1.94. The summed E-state index contributed by atoms with van der Waals surface area (Å²) in [7, 11) is 0. The molecule has 2 aromatic rings. The third kappa shape index (κ3) is 3.12. The van der Waals surface area contributed by atoms with Crippen molar-refractivity contribution in [3.05, 3.63) is 51.8 Å². The van der Waals surface area contributed by atoms with Gasteiger partial charge in [-0.3, -0.25) is 4.79 Å². The minimum atomic E-state index is -0.0920. The Morgan fingerprint density at radius 3 is 2.73 bits per heavy atom. The molecule has 0 aliphatic heterocycles. The smallest absolute Gasteiger partial charge is 0.266 e. The van der Waals surface area contributed by atoms with Crippen molar-refractivity contribution in [1.29, 1.82) is 0 Å². The van der Waals surface area contributed by atoms with Crippen molar-refractivity contribution in [2.24, 2.45) is 5.73 Å². The number of hydrogen-bond donors (Lipinski definition) is 1. The summed E-state index contributed by atoms with van der Waals surface area (Å²) in [6, 6.07) is 9.90. The van der Waals surface area contributed by atoms with Crippen molar-refractivity contribution in [3.8, 4) is 11.3 Å². The highest BCUT2D eigenvalue weighted by Crippen LogP contribution is 2.26. The van der Waals surface area contributed by atoms with Crippen LogP contribution in [0.1, 0.15) is 37.3 Å². The van der Waals surface area contributed by atoms with Gasteiger partial charge < -0.3 is 5.73 Å². The van der Waals surface area contributed by atoms with Crippen molar-refractivity contribution < 1.29 is 0 Å². The van der Waals surface area contributed by atoms with Crippen LogP contribution in [-0.4, -0.2) is 15.8 Å². The van der Waals surface area contributed by atoms with E-state index < -0.39 is 0 Å². The third-order valence-electron chi connectivity index (χ3n) is 4.44. The number of fused-ring (bicyclic) bond motifs is 1. The Bertz CT molecular complexity index is 721. The van der Waals surface area contributed by atoms with Crippen LogP contribution in [0.5, 0.6) is 0 Å². The summed E-state index contributed by atoms with van der Waals surface area (Å²) in [6.07, 6.45) is 5.69. The molecular weight excluding hydrogens is 274 g/mol. The zero-order valence-electron chi connectivity index (χ0n) is 13.1. The first-order valence-corrected chi connectivity index (χ1v) is 8.13. The maximum atomic E-state index is 11.9. The Morgan fingerprint density at radius 2 is 1.95 bits per heavy atom. The van der Waals surface area contributed by atoms with E-state index >= 15 is 0 Å². The molecule has 2 N–H and O–H groups in total. The highest BCUT2D eigenvalue weighted by Gasteiger charge is 2.12. The molecule has 4 nitrogen and oxygen atoms in total. The molecule has 0 bridgehead atoms. The Labute approximate surface area is 131 Å². The summed E-state index contributed by atoms with van der Waals surface area (Å²) in [5.74, 6) is 0. The van der Waals surface area contributed by atoms with Crippen LogP contribution >= 0.6 is 0 Å². The molecular formula is C18H23N3O. The average Bonchev–Trinajstić information content (AvgIpc) is 2.56. The molecule has 0 spiro atoms. The lowest BCUT2D eigenvalue weighted by molar-refractivity contribution is 0.482. The molecule has 1 unspecified atom stereocenters. The van der Waals surface area contributed by atoms with Gasteiger partial charge in [0.15, 0.2) is 0 Å². The van der Waals surface area contributed by atoms with Gasteiger partial charge in [0, 0.05) is 17.7 Å². The zero-order chi connectivity index (χ0) is 15.5. The number of nitrogens with zero attached hydrogens (tertiary/aromatic N) is 2. The van der Waals surface area contributed by atoms with E-state index in [1.807, 2.05) is 6.92 Å². The number of nitrogens with two attached hydrogens (primary N) is 1. The maximum absolute atomic E-state index is 11.9. The van der Waals surface area contributed by atoms with Crippen LogP contribution in [0, 0.1) is 0 Å². The minimum absolute atomic E-state index is 0.0380. The Balaban J connectivity index is 1.94. The number of hydrogen-bond acceptors (Lipinski definition) is 3. The minimum Gasteiger partial charge on any atom is -0.326 e. The fraction of sp³-hybridized carbons (Fsp3) is 0.444. The summed E-state index contributed by atoms with van der Waals surface area (Å²) in [5.41, 5.74) is 10.7. The largest absolute Gasteiger partial charge is 0.326 e. The van der Waals surface area contributed by atoms with E-state index in [2.05, 4.69) is 23.3 Å². The van der Waals surface area contributed by atoms with Crippen LogP contribution in [-0.2, 0) is 19.4 Å². The van der Waals surface area contributed by atoms with Gasteiger partial charge in [-0.1, -0.05) is 19.1 Å². The number of rotatable bonds is 4. The zero-order valence-corrected chi connectivity index (χ0v) is 13.1. The lowest BCUT2D eigenvalue weighted by Gasteiger charge is -2.17. The second-order valence-electron chi connectivity index (χ2n) is 6.10. The standard InChI is InChI=1S/C18H23N3O/c1-2-16(19)12-21-18(22)10-9-17(20-21)15-8-7-13-5-3-4-6-14(13)11-15/h7-11,16H,2-6,12,19H2,1H3. The van der Waals surface area contributed by atoms with Gasteiger partial charge in [0.1, 0.15) is 0 Å². The molecule has 1 heterocycles. The first-order valence-electron chi connectivity index (χ1n) is 8.13. The van der Waals surface area contributed by atoms with E-state index in [-0.39, 0.29) is 11.6 Å². The molecule has 0 fully saturated rings. The van der Waals surface area contributed by atoms with Gasteiger partial charge in [-0.25, -0.2) is 4.68 Å². The lowest BCUT2D eigenvalue weighted by Crippen LogP contribution is -2.32. The van der Waals surface area contributed by atoms with Crippen LogP contribution in [0.2, 0.25) is 0 Å².